The maximum Gasteiger partial charge on any atom is 0.303 e. The number of halogens is 1. The van der Waals surface area contributed by atoms with E-state index in [1.165, 1.54) is 6.07 Å². The normalized spacial score (nSPS) is 14.2. The van der Waals surface area contributed by atoms with Gasteiger partial charge >= 0.3 is 5.97 Å². The van der Waals surface area contributed by atoms with Crippen molar-refractivity contribution in [2.24, 2.45) is 11.3 Å². The number of rotatable bonds is 9. The van der Waals surface area contributed by atoms with Crippen molar-refractivity contribution in [1.29, 1.82) is 0 Å². The predicted octanol–water partition coefficient (Wildman–Crippen LogP) is 6.84. The van der Waals surface area contributed by atoms with E-state index in [1.807, 2.05) is 42.5 Å². The molecule has 1 saturated carbocycles. The van der Waals surface area contributed by atoms with Crippen LogP contribution in [0.25, 0.3) is 11.1 Å². The Morgan fingerprint density at radius 1 is 1.05 bits per heavy atom. The van der Waals surface area contributed by atoms with Crippen molar-refractivity contribution in [3.05, 3.63) is 88.7 Å². The summed E-state index contributed by atoms with van der Waals surface area (Å²) in [5, 5.41) is 9.43. The van der Waals surface area contributed by atoms with Crippen LogP contribution >= 0.6 is 0 Å². The largest absolute Gasteiger partial charge is 0.497 e. The Morgan fingerprint density at radius 3 is 2.41 bits per heavy atom. The standard InChI is InChI=1S/C31H33FO4S/c1-31(2,3)18-23-15-22(10-12-25(23)27-16-24(36-4)11-13-28(27)32)30(37-35)21-7-5-6-20(14-21)26(17-29(33)34)19-8-9-19/h5-7,10-16,19,26H,8-9,17-18H2,1-4H3,(H,33,34). The number of benzene rings is 3. The third kappa shape index (κ3) is 6.55. The molecule has 0 radical (unpaired) electrons. The molecule has 0 aliphatic heterocycles. The lowest BCUT2D eigenvalue weighted by Crippen LogP contribution is -2.13. The zero-order valence-corrected chi connectivity index (χ0v) is 22.5. The topological polar surface area (TPSA) is 63.6 Å². The van der Waals surface area contributed by atoms with Gasteiger partial charge in [-0.15, -0.1) is 0 Å². The zero-order valence-electron chi connectivity index (χ0n) is 21.7. The van der Waals surface area contributed by atoms with Crippen molar-refractivity contribution in [2.45, 2.75) is 52.4 Å². The number of hydrogen-bond acceptors (Lipinski definition) is 3. The molecule has 1 aliphatic carbocycles. The van der Waals surface area contributed by atoms with E-state index in [2.05, 4.69) is 20.8 Å². The fraction of sp³-hybridized carbons (Fsp3) is 0.355. The quantitative estimate of drug-likeness (QED) is 0.248. The van der Waals surface area contributed by atoms with E-state index in [4.69, 9.17) is 4.74 Å². The highest BCUT2D eigenvalue weighted by atomic mass is 32.1. The molecule has 1 N–H and O–H groups in total. The number of aliphatic carboxylic acids is 1. The average Bonchev–Trinajstić information content (AvgIpc) is 3.68. The van der Waals surface area contributed by atoms with E-state index < -0.39 is 5.97 Å². The molecule has 1 unspecified atom stereocenters. The van der Waals surface area contributed by atoms with Gasteiger partial charge in [0.05, 0.1) is 29.7 Å². The molecule has 1 atom stereocenters. The summed E-state index contributed by atoms with van der Waals surface area (Å²) in [7, 11) is 1.56. The summed E-state index contributed by atoms with van der Waals surface area (Å²) in [6.45, 7) is 6.38. The maximum atomic E-state index is 14.9. The van der Waals surface area contributed by atoms with Gasteiger partial charge in [0.15, 0.2) is 0 Å². The first-order chi connectivity index (χ1) is 17.6. The Hall–Kier alpha value is -3.25. The van der Waals surface area contributed by atoms with Gasteiger partial charge in [-0.05, 0) is 94.7 Å². The molecular formula is C31H33FO4S. The van der Waals surface area contributed by atoms with Crippen LogP contribution in [0.1, 0.15) is 68.2 Å². The molecule has 0 aromatic heterocycles. The van der Waals surface area contributed by atoms with Gasteiger partial charge in [0.2, 0.25) is 0 Å². The summed E-state index contributed by atoms with van der Waals surface area (Å²) in [5.74, 6) is -0.233. The van der Waals surface area contributed by atoms with Crippen LogP contribution in [0.3, 0.4) is 0 Å². The number of carboxylic acids is 1. The molecule has 4 rings (SSSR count). The molecule has 0 heterocycles. The first kappa shape index (κ1) is 26.8. The number of hydrogen-bond donors (Lipinski definition) is 1. The van der Waals surface area contributed by atoms with E-state index in [-0.39, 0.29) is 23.6 Å². The second-order valence-corrected chi connectivity index (χ2v) is 11.6. The fourth-order valence-electron chi connectivity index (χ4n) is 4.97. The van der Waals surface area contributed by atoms with E-state index in [9.17, 15) is 18.5 Å². The van der Waals surface area contributed by atoms with Crippen molar-refractivity contribution in [2.75, 3.05) is 7.11 Å². The van der Waals surface area contributed by atoms with Gasteiger partial charge in [0.25, 0.3) is 0 Å². The highest BCUT2D eigenvalue weighted by Gasteiger charge is 2.34. The first-order valence-corrected chi connectivity index (χ1v) is 13.3. The van der Waals surface area contributed by atoms with Crippen LogP contribution in [0.2, 0.25) is 0 Å². The van der Waals surface area contributed by atoms with Gasteiger partial charge in [-0.1, -0.05) is 51.1 Å². The molecule has 3 aromatic rings. The highest BCUT2D eigenvalue weighted by molar-refractivity contribution is 7.67. The minimum Gasteiger partial charge on any atom is -0.497 e. The summed E-state index contributed by atoms with van der Waals surface area (Å²) in [6.07, 6.45) is 2.84. The van der Waals surface area contributed by atoms with Crippen LogP contribution in [0.5, 0.6) is 5.75 Å². The monoisotopic (exact) mass is 520 g/mol. The third-order valence-corrected chi connectivity index (χ3v) is 7.44. The lowest BCUT2D eigenvalue weighted by atomic mass is 9.83. The third-order valence-electron chi connectivity index (χ3n) is 6.80. The number of carbonyl (C=O) groups is 1. The smallest absolute Gasteiger partial charge is 0.303 e. The number of carboxylic acid groups (broad SMARTS) is 1. The molecule has 3 aromatic carbocycles. The summed E-state index contributed by atoms with van der Waals surface area (Å²) in [5.41, 5.74) is 4.61. The number of ether oxygens (including phenoxy) is 1. The van der Waals surface area contributed by atoms with Gasteiger partial charge in [-0.3, -0.25) is 4.79 Å². The Morgan fingerprint density at radius 2 is 1.78 bits per heavy atom. The lowest BCUT2D eigenvalue weighted by Gasteiger charge is -2.22. The summed E-state index contributed by atoms with van der Waals surface area (Å²) >= 11 is 0.428. The fourth-order valence-corrected chi connectivity index (χ4v) is 5.42. The molecule has 1 aliphatic rings. The molecule has 0 bridgehead atoms. The molecule has 4 nitrogen and oxygen atoms in total. The van der Waals surface area contributed by atoms with Crippen molar-refractivity contribution in [1.82, 2.24) is 0 Å². The van der Waals surface area contributed by atoms with E-state index >= 15 is 0 Å². The molecular weight excluding hydrogens is 487 g/mol. The van der Waals surface area contributed by atoms with Crippen LogP contribution in [0, 0.1) is 17.2 Å². The molecule has 1 fully saturated rings. The van der Waals surface area contributed by atoms with Crippen LogP contribution in [0.4, 0.5) is 4.39 Å². The van der Waals surface area contributed by atoms with Gasteiger partial charge < -0.3 is 9.84 Å². The van der Waals surface area contributed by atoms with Crippen LogP contribution in [-0.2, 0) is 22.5 Å². The summed E-state index contributed by atoms with van der Waals surface area (Å²) < 4.78 is 32.7. The Balaban J connectivity index is 1.78. The first-order valence-electron chi connectivity index (χ1n) is 12.6. The van der Waals surface area contributed by atoms with Gasteiger partial charge in [0.1, 0.15) is 11.6 Å². The van der Waals surface area contributed by atoms with Gasteiger partial charge in [0, 0.05) is 5.56 Å². The molecule has 0 saturated heterocycles. The second kappa shape index (κ2) is 11.0. The van der Waals surface area contributed by atoms with Gasteiger partial charge in [-0.2, -0.15) is 0 Å². The minimum absolute atomic E-state index is 0.0507. The van der Waals surface area contributed by atoms with E-state index in [0.29, 0.717) is 39.8 Å². The van der Waals surface area contributed by atoms with Gasteiger partial charge in [-0.25, -0.2) is 8.60 Å². The van der Waals surface area contributed by atoms with E-state index in [0.717, 1.165) is 40.7 Å². The Kier molecular flexibility index (Phi) is 7.98. The average molecular weight is 521 g/mol. The molecule has 6 heteroatoms. The van der Waals surface area contributed by atoms with Crippen LogP contribution in [-0.4, -0.2) is 27.3 Å². The highest BCUT2D eigenvalue weighted by Crippen LogP contribution is 2.44. The SMILES string of the molecule is COc1ccc(F)c(-c2ccc(C(=S=O)c3cccc(C(CC(=O)O)C4CC4)c3)cc2CC(C)(C)C)c1. The molecule has 0 amide bonds. The van der Waals surface area contributed by atoms with Crippen LogP contribution < -0.4 is 4.74 Å². The predicted molar refractivity (Wildman–Crippen MR) is 147 cm³/mol. The second-order valence-electron chi connectivity index (χ2n) is 11.0. The van der Waals surface area contributed by atoms with E-state index in [1.54, 1.807) is 19.2 Å². The molecule has 0 spiro atoms. The summed E-state index contributed by atoms with van der Waals surface area (Å²) in [6, 6.07) is 18.2. The zero-order chi connectivity index (χ0) is 26.7. The van der Waals surface area contributed by atoms with Crippen molar-refractivity contribution in [3.8, 4) is 16.9 Å². The van der Waals surface area contributed by atoms with Crippen molar-refractivity contribution >= 4 is 22.1 Å². The summed E-state index contributed by atoms with van der Waals surface area (Å²) in [4.78, 5) is 12.1. The maximum absolute atomic E-state index is 14.9. The molecule has 194 valence electrons. The Labute approximate surface area is 221 Å². The Bertz CT molecular complexity index is 1360. The van der Waals surface area contributed by atoms with Crippen molar-refractivity contribution in [3.63, 3.8) is 0 Å². The van der Waals surface area contributed by atoms with Crippen LogP contribution in [0.15, 0.2) is 60.7 Å². The number of methoxy groups -OCH3 is 1. The molecule has 37 heavy (non-hydrogen) atoms. The minimum atomic E-state index is -0.808. The van der Waals surface area contributed by atoms with Crippen molar-refractivity contribution < 1.29 is 23.2 Å². The lowest BCUT2D eigenvalue weighted by molar-refractivity contribution is -0.137.